The van der Waals surface area contributed by atoms with Gasteiger partial charge >= 0.3 is 5.97 Å². The molecule has 1 aromatic heterocycles. The van der Waals surface area contributed by atoms with Crippen LogP contribution in [0.1, 0.15) is 35.8 Å². The fraction of sp³-hybridized carbons (Fsp3) is 0.357. The number of carboxylic acids is 1. The minimum atomic E-state index is -1.14. The van der Waals surface area contributed by atoms with Crippen LogP contribution >= 0.6 is 0 Å². The molecular formula is C14H16N4O3. The van der Waals surface area contributed by atoms with Crippen molar-refractivity contribution in [3.05, 3.63) is 30.0 Å². The highest BCUT2D eigenvalue weighted by atomic mass is 16.4. The average molecular weight is 288 g/mol. The van der Waals surface area contributed by atoms with Gasteiger partial charge in [0, 0.05) is 11.3 Å². The maximum atomic E-state index is 11.4. The molecule has 1 saturated carbocycles. The minimum Gasteiger partial charge on any atom is -0.476 e. The van der Waals surface area contributed by atoms with Crippen molar-refractivity contribution in [1.82, 2.24) is 15.0 Å². The number of aromatic carboxylic acids is 1. The molecule has 0 saturated heterocycles. The average Bonchev–Trinajstić information content (AvgIpc) is 3.05. The largest absolute Gasteiger partial charge is 0.476 e. The number of anilines is 1. The van der Waals surface area contributed by atoms with Crippen molar-refractivity contribution in [2.75, 3.05) is 5.73 Å². The summed E-state index contributed by atoms with van der Waals surface area (Å²) in [4.78, 5) is 11.4. The van der Waals surface area contributed by atoms with E-state index in [1.807, 2.05) is 0 Å². The van der Waals surface area contributed by atoms with Crippen molar-refractivity contribution in [2.45, 2.75) is 31.4 Å². The summed E-state index contributed by atoms with van der Waals surface area (Å²) in [5.74, 6) is -1.14. The Morgan fingerprint density at radius 1 is 1.29 bits per heavy atom. The Hall–Kier alpha value is -2.41. The smallest absolute Gasteiger partial charge is 0.358 e. The van der Waals surface area contributed by atoms with Gasteiger partial charge in [0.25, 0.3) is 0 Å². The third kappa shape index (κ3) is 2.36. The zero-order chi connectivity index (χ0) is 15.0. The van der Waals surface area contributed by atoms with Crippen molar-refractivity contribution in [2.24, 2.45) is 0 Å². The molecule has 4 N–H and O–H groups in total. The van der Waals surface area contributed by atoms with Crippen LogP contribution in [-0.4, -0.2) is 37.3 Å². The third-order valence-corrected chi connectivity index (χ3v) is 3.84. The minimum absolute atomic E-state index is 0.112. The van der Waals surface area contributed by atoms with Gasteiger partial charge in [0.1, 0.15) is 5.69 Å². The second-order valence-electron chi connectivity index (χ2n) is 5.22. The van der Waals surface area contributed by atoms with E-state index in [1.165, 1.54) is 4.68 Å². The second kappa shape index (κ2) is 5.17. The Balaban J connectivity index is 2.13. The molecule has 110 valence electrons. The predicted octanol–water partition coefficient (Wildman–Crippen LogP) is 1.31. The van der Waals surface area contributed by atoms with E-state index < -0.39 is 12.1 Å². The lowest BCUT2D eigenvalue weighted by atomic mass is 10.1. The predicted molar refractivity (Wildman–Crippen MR) is 75.7 cm³/mol. The van der Waals surface area contributed by atoms with E-state index in [4.69, 9.17) is 5.73 Å². The first kappa shape index (κ1) is 13.6. The van der Waals surface area contributed by atoms with Crippen molar-refractivity contribution in [3.8, 4) is 11.3 Å². The van der Waals surface area contributed by atoms with Gasteiger partial charge in [-0.15, -0.1) is 5.10 Å². The highest BCUT2D eigenvalue weighted by molar-refractivity contribution is 5.92. The molecule has 2 aromatic rings. The summed E-state index contributed by atoms with van der Waals surface area (Å²) in [7, 11) is 0. The highest BCUT2D eigenvalue weighted by Gasteiger charge is 2.32. The molecule has 1 aliphatic rings. The fourth-order valence-corrected chi connectivity index (χ4v) is 2.79. The van der Waals surface area contributed by atoms with Crippen LogP contribution in [0.15, 0.2) is 24.3 Å². The quantitative estimate of drug-likeness (QED) is 0.734. The molecule has 1 aromatic carbocycles. The molecule has 7 heteroatoms. The van der Waals surface area contributed by atoms with Crippen LogP contribution in [0.2, 0.25) is 0 Å². The maximum Gasteiger partial charge on any atom is 0.358 e. The monoisotopic (exact) mass is 288 g/mol. The van der Waals surface area contributed by atoms with E-state index in [0.29, 0.717) is 23.4 Å². The van der Waals surface area contributed by atoms with E-state index in [1.54, 1.807) is 24.3 Å². The number of carbonyl (C=O) groups is 1. The van der Waals surface area contributed by atoms with Crippen LogP contribution in [0.4, 0.5) is 5.69 Å². The SMILES string of the molecule is Nc1ccc(-c2c(C(=O)O)nnn2C2CCCC2O)cc1. The Kier molecular flexibility index (Phi) is 3.34. The van der Waals surface area contributed by atoms with Crippen molar-refractivity contribution in [3.63, 3.8) is 0 Å². The van der Waals surface area contributed by atoms with E-state index in [-0.39, 0.29) is 11.7 Å². The van der Waals surface area contributed by atoms with Crippen LogP contribution < -0.4 is 5.73 Å². The Labute approximate surface area is 121 Å². The number of hydrogen-bond acceptors (Lipinski definition) is 5. The van der Waals surface area contributed by atoms with Crippen molar-refractivity contribution in [1.29, 1.82) is 0 Å². The number of rotatable bonds is 3. The summed E-state index contributed by atoms with van der Waals surface area (Å²) >= 11 is 0. The van der Waals surface area contributed by atoms with Gasteiger partial charge in [-0.2, -0.15) is 0 Å². The highest BCUT2D eigenvalue weighted by Crippen LogP contribution is 2.34. The second-order valence-corrected chi connectivity index (χ2v) is 5.22. The molecule has 1 aliphatic carbocycles. The lowest BCUT2D eigenvalue weighted by Crippen LogP contribution is -2.20. The van der Waals surface area contributed by atoms with Crippen LogP contribution in [-0.2, 0) is 0 Å². The molecule has 0 spiro atoms. The number of benzene rings is 1. The van der Waals surface area contributed by atoms with Gasteiger partial charge in [-0.1, -0.05) is 17.3 Å². The van der Waals surface area contributed by atoms with Gasteiger partial charge in [0.05, 0.1) is 12.1 Å². The standard InChI is InChI=1S/C14H16N4O3/c15-9-6-4-8(5-7-9)13-12(14(20)21)16-17-18(13)10-2-1-3-11(10)19/h4-7,10-11,19H,1-3,15H2,(H,20,21). The molecule has 3 rings (SSSR count). The topological polar surface area (TPSA) is 114 Å². The van der Waals surface area contributed by atoms with Crippen LogP contribution in [0.3, 0.4) is 0 Å². The molecule has 7 nitrogen and oxygen atoms in total. The first-order valence-corrected chi connectivity index (χ1v) is 6.80. The molecule has 0 radical (unpaired) electrons. The number of hydrogen-bond donors (Lipinski definition) is 3. The van der Waals surface area contributed by atoms with Gasteiger partial charge in [-0.25, -0.2) is 9.48 Å². The number of aromatic nitrogens is 3. The van der Waals surface area contributed by atoms with Gasteiger partial charge in [-0.3, -0.25) is 0 Å². The molecular weight excluding hydrogens is 272 g/mol. The van der Waals surface area contributed by atoms with Crippen LogP contribution in [0.5, 0.6) is 0 Å². The Morgan fingerprint density at radius 2 is 2.00 bits per heavy atom. The van der Waals surface area contributed by atoms with E-state index in [2.05, 4.69) is 10.3 Å². The summed E-state index contributed by atoms with van der Waals surface area (Å²) in [5, 5.41) is 27.1. The van der Waals surface area contributed by atoms with Gasteiger partial charge in [0.2, 0.25) is 0 Å². The lowest BCUT2D eigenvalue weighted by molar-refractivity contribution is 0.0691. The normalized spacial score (nSPS) is 21.6. The van der Waals surface area contributed by atoms with Crippen LogP contribution in [0.25, 0.3) is 11.3 Å². The summed E-state index contributed by atoms with van der Waals surface area (Å²) in [6.07, 6.45) is 1.80. The number of nitrogen functional groups attached to an aromatic ring is 1. The van der Waals surface area contributed by atoms with E-state index in [9.17, 15) is 15.0 Å². The Morgan fingerprint density at radius 3 is 2.57 bits per heavy atom. The number of nitrogens with zero attached hydrogens (tertiary/aromatic N) is 3. The molecule has 2 unspecified atom stereocenters. The number of carboxylic acid groups (broad SMARTS) is 1. The van der Waals surface area contributed by atoms with Gasteiger partial charge < -0.3 is 15.9 Å². The summed E-state index contributed by atoms with van der Waals surface area (Å²) in [6, 6.07) is 6.63. The number of aliphatic hydroxyl groups is 1. The first-order valence-electron chi connectivity index (χ1n) is 6.80. The number of nitrogens with two attached hydrogens (primary N) is 1. The van der Waals surface area contributed by atoms with Gasteiger partial charge in [0.15, 0.2) is 5.69 Å². The van der Waals surface area contributed by atoms with Gasteiger partial charge in [-0.05, 0) is 31.4 Å². The van der Waals surface area contributed by atoms with Crippen molar-refractivity contribution >= 4 is 11.7 Å². The van der Waals surface area contributed by atoms with E-state index in [0.717, 1.165) is 12.8 Å². The lowest BCUT2D eigenvalue weighted by Gasteiger charge is -2.17. The molecule has 0 amide bonds. The van der Waals surface area contributed by atoms with Crippen molar-refractivity contribution < 1.29 is 15.0 Å². The maximum absolute atomic E-state index is 11.4. The molecule has 1 fully saturated rings. The zero-order valence-corrected chi connectivity index (χ0v) is 11.3. The summed E-state index contributed by atoms with van der Waals surface area (Å²) < 4.78 is 1.53. The fourth-order valence-electron chi connectivity index (χ4n) is 2.79. The zero-order valence-electron chi connectivity index (χ0n) is 11.3. The molecule has 21 heavy (non-hydrogen) atoms. The first-order chi connectivity index (χ1) is 10.1. The summed E-state index contributed by atoms with van der Waals surface area (Å²) in [5.41, 5.74) is 7.23. The Bertz CT molecular complexity index is 665. The summed E-state index contributed by atoms with van der Waals surface area (Å²) in [6.45, 7) is 0. The molecule has 1 heterocycles. The molecule has 0 bridgehead atoms. The van der Waals surface area contributed by atoms with Crippen LogP contribution in [0, 0.1) is 0 Å². The number of aliphatic hydroxyl groups excluding tert-OH is 1. The van der Waals surface area contributed by atoms with E-state index >= 15 is 0 Å². The molecule has 0 aliphatic heterocycles. The third-order valence-electron chi connectivity index (χ3n) is 3.84. The molecule has 2 atom stereocenters.